The van der Waals surface area contributed by atoms with Gasteiger partial charge in [0.1, 0.15) is 28.3 Å². The number of nitro groups is 1. The molecule has 0 saturated carbocycles. The number of aromatic amines is 2. The maximum atomic E-state index is 16.8. The van der Waals surface area contributed by atoms with Gasteiger partial charge in [-0.3, -0.25) is 10.1 Å². The van der Waals surface area contributed by atoms with E-state index in [1.54, 1.807) is 0 Å². The third-order valence-corrected chi connectivity index (χ3v) is 12.8. The van der Waals surface area contributed by atoms with Gasteiger partial charge in [0, 0.05) is 95.7 Å². The zero-order chi connectivity index (χ0) is 58.0. The van der Waals surface area contributed by atoms with Gasteiger partial charge in [-0.1, -0.05) is 0 Å². The highest BCUT2D eigenvalue weighted by molar-refractivity contribution is 6.03. The van der Waals surface area contributed by atoms with Gasteiger partial charge in [0.25, 0.3) is 5.69 Å². The largest absolute Gasteiger partial charge is 0.373 e. The summed E-state index contributed by atoms with van der Waals surface area (Å²) in [6.45, 7) is 0. The van der Waals surface area contributed by atoms with Crippen molar-refractivity contribution < 1.29 is 75.2 Å². The molecule has 2 N–H and O–H groups in total. The second kappa shape index (κ2) is 19.5. The molecule has 79 heavy (non-hydrogen) atoms. The molecule has 9 rings (SSSR count). The fraction of sp³-hybridized carbons (Fsp3) is 0.154. The van der Waals surface area contributed by atoms with Crippen LogP contribution in [0.5, 0.6) is 0 Å². The Morgan fingerprint density at radius 1 is 0.354 bits per heavy atom. The Morgan fingerprint density at radius 3 is 0.848 bits per heavy atom. The zero-order valence-corrected chi connectivity index (χ0v) is 41.5. The Morgan fingerprint density at radius 2 is 0.595 bits per heavy atom. The van der Waals surface area contributed by atoms with Crippen molar-refractivity contribution in [2.45, 2.75) is 0 Å². The number of hydrogen-bond donors (Lipinski definition) is 2. The maximum Gasteiger partial charge on any atom is 0.295 e. The van der Waals surface area contributed by atoms with E-state index in [0.29, 0.717) is 43.9 Å². The Hall–Kier alpha value is -9.04. The molecule has 4 aromatic carbocycles. The number of anilines is 4. The molecule has 8 bridgehead atoms. The number of H-pyrrole nitrogens is 2. The van der Waals surface area contributed by atoms with Crippen LogP contribution in [0.1, 0.15) is 22.8 Å². The van der Waals surface area contributed by atoms with Gasteiger partial charge in [0.05, 0.1) is 55.5 Å². The second-order valence-corrected chi connectivity index (χ2v) is 18.4. The van der Waals surface area contributed by atoms with Crippen LogP contribution in [0.4, 0.5) is 98.7 Å². The van der Waals surface area contributed by atoms with Crippen molar-refractivity contribution in [3.63, 3.8) is 0 Å². The lowest BCUT2D eigenvalue weighted by Gasteiger charge is -2.18. The highest BCUT2D eigenvalue weighted by atomic mass is 19.2. The standard InChI is InChI=1S/C52H33F16N9O2/c1-73(2)49-40(61)32(53)28(33(54)41(49)62)24-16-9-10-17(69-16)25(29-34(55)42(63)50(74(3)4)43(64)35(29)56)19-13-14-21(71-19)27(31-38(59)46(67)52(76(7)8)47(68)39(31)60)48-23(77(78)79)15-22(72-48)26(20-12-11-18(24)70-20)30-36(57)44(65)51(75(5)6)45(66)37(30)58/h9-15,69,72H,1-8H3. The Balaban J connectivity index is 1.64. The van der Waals surface area contributed by atoms with Crippen molar-refractivity contribution in [3.05, 3.63) is 144 Å². The van der Waals surface area contributed by atoms with E-state index in [4.69, 9.17) is 0 Å². The summed E-state index contributed by atoms with van der Waals surface area (Å²) >= 11 is 0. The van der Waals surface area contributed by atoms with Crippen molar-refractivity contribution in [1.82, 2.24) is 19.9 Å². The summed E-state index contributed by atoms with van der Waals surface area (Å²) in [5.41, 5.74) is -26.2. The molecule has 7 aromatic rings. The molecule has 0 radical (unpaired) electrons. The van der Waals surface area contributed by atoms with Crippen molar-refractivity contribution in [2.24, 2.45) is 0 Å². The predicted molar refractivity (Wildman–Crippen MR) is 264 cm³/mol. The quantitative estimate of drug-likeness (QED) is 0.0636. The van der Waals surface area contributed by atoms with Crippen LogP contribution in [0.3, 0.4) is 0 Å². The van der Waals surface area contributed by atoms with Crippen LogP contribution >= 0.6 is 0 Å². The summed E-state index contributed by atoms with van der Waals surface area (Å²) in [6.07, 6.45) is 2.78. The van der Waals surface area contributed by atoms with Crippen LogP contribution < -0.4 is 19.6 Å². The first-order chi connectivity index (χ1) is 37.0. The Labute approximate surface area is 433 Å². The summed E-state index contributed by atoms with van der Waals surface area (Å²) in [4.78, 5) is 27.4. The van der Waals surface area contributed by atoms with Crippen molar-refractivity contribution in [1.29, 1.82) is 0 Å². The van der Waals surface area contributed by atoms with Crippen LogP contribution in [0.25, 0.3) is 90.9 Å². The molecule has 3 aromatic heterocycles. The van der Waals surface area contributed by atoms with Crippen LogP contribution in [0.2, 0.25) is 0 Å². The summed E-state index contributed by atoms with van der Waals surface area (Å²) in [7, 11) is 7.89. The number of nitrogens with zero attached hydrogens (tertiary/aromatic N) is 7. The maximum absolute atomic E-state index is 16.8. The lowest BCUT2D eigenvalue weighted by Crippen LogP contribution is -2.16. The molecule has 27 heteroatoms. The summed E-state index contributed by atoms with van der Waals surface area (Å²) < 4.78 is 262. The molecule has 2 aliphatic heterocycles. The highest BCUT2D eigenvalue weighted by Gasteiger charge is 2.37. The van der Waals surface area contributed by atoms with Crippen molar-refractivity contribution >= 4 is 74.8 Å². The Kier molecular flexibility index (Phi) is 13.5. The van der Waals surface area contributed by atoms with Gasteiger partial charge in [0.2, 0.25) is 0 Å². The molecule has 0 aliphatic carbocycles. The topological polar surface area (TPSA) is 113 Å². The first kappa shape index (κ1) is 54.7. The van der Waals surface area contributed by atoms with Gasteiger partial charge in [-0.15, -0.1) is 0 Å². The molecule has 5 heterocycles. The van der Waals surface area contributed by atoms with Crippen LogP contribution in [-0.2, 0) is 0 Å². The zero-order valence-electron chi connectivity index (χ0n) is 41.5. The van der Waals surface area contributed by atoms with E-state index >= 15 is 70.2 Å². The minimum Gasteiger partial charge on any atom is -0.373 e. The van der Waals surface area contributed by atoms with Gasteiger partial charge in [-0.2, -0.15) is 0 Å². The summed E-state index contributed by atoms with van der Waals surface area (Å²) in [5.74, 6) is -34.5. The van der Waals surface area contributed by atoms with Gasteiger partial charge < -0.3 is 29.6 Å². The lowest BCUT2D eigenvalue weighted by atomic mass is 10.00. The molecular formula is C52H33F16N9O2. The SMILES string of the molecule is CN(C)c1c(F)c(F)c(-c2c3nc(c(-c4c(F)c(F)c(N(C)C)c(F)c4F)c4cc([N+](=O)[O-])c([nH]4)c(-c4c(F)c(F)c(N(C)C)c(F)c4F)c4nc(c(-c5c(F)c(F)c(N(C)C)c(F)c5F)c5ccc2[nH]5)C=C4)C=C3)c(F)c1F. The minimum atomic E-state index is -2.30. The number of nitrogens with one attached hydrogen (secondary N) is 2. The van der Waals surface area contributed by atoms with Gasteiger partial charge >= 0.3 is 0 Å². The lowest BCUT2D eigenvalue weighted by molar-refractivity contribution is -0.382. The fourth-order valence-corrected chi connectivity index (χ4v) is 9.39. The molecule has 410 valence electrons. The summed E-state index contributed by atoms with van der Waals surface area (Å²) in [5, 5.41) is 13.2. The molecule has 0 amide bonds. The van der Waals surface area contributed by atoms with E-state index in [0.717, 1.165) is 74.6 Å². The molecule has 0 saturated heterocycles. The van der Waals surface area contributed by atoms with Gasteiger partial charge in [-0.25, -0.2) is 80.2 Å². The normalized spacial score (nSPS) is 12.1. The number of rotatable bonds is 9. The van der Waals surface area contributed by atoms with E-state index in [9.17, 15) is 10.1 Å². The molecule has 2 aliphatic rings. The minimum absolute atomic E-state index is 0.331. The molecule has 0 atom stereocenters. The van der Waals surface area contributed by atoms with E-state index in [1.807, 2.05) is 0 Å². The predicted octanol–water partition coefficient (Wildman–Crippen LogP) is 13.7. The first-order valence-electron chi connectivity index (χ1n) is 22.5. The highest BCUT2D eigenvalue weighted by Crippen LogP contribution is 2.48. The van der Waals surface area contributed by atoms with Gasteiger partial charge in [0.15, 0.2) is 93.1 Å². The third kappa shape index (κ3) is 8.22. The Bertz CT molecular complexity index is 3990. The monoisotopic (exact) mass is 1120 g/mol. The third-order valence-electron chi connectivity index (χ3n) is 12.8. The van der Waals surface area contributed by atoms with Crippen LogP contribution in [-0.4, -0.2) is 81.2 Å². The molecule has 0 unspecified atom stereocenters. The molecule has 0 fully saturated rings. The molecule has 11 nitrogen and oxygen atoms in total. The fourth-order valence-electron chi connectivity index (χ4n) is 9.39. The molecular weight excluding hydrogens is 1090 g/mol. The first-order valence-corrected chi connectivity index (χ1v) is 22.5. The van der Waals surface area contributed by atoms with Crippen molar-refractivity contribution in [3.8, 4) is 44.5 Å². The smallest absolute Gasteiger partial charge is 0.295 e. The average Bonchev–Trinajstić information content (AvgIpc) is 4.46. The second-order valence-electron chi connectivity index (χ2n) is 18.4. The van der Waals surface area contributed by atoms with Crippen LogP contribution in [0, 0.1) is 103 Å². The number of hydrogen-bond acceptors (Lipinski definition) is 8. The van der Waals surface area contributed by atoms with Gasteiger partial charge in [-0.05, 0) is 36.4 Å². The number of aromatic nitrogens is 4. The van der Waals surface area contributed by atoms with E-state index < -0.39 is 216 Å². The number of benzene rings is 4. The van der Waals surface area contributed by atoms with Crippen LogP contribution in [0.15, 0.2) is 18.2 Å². The molecule has 0 spiro atoms. The van der Waals surface area contributed by atoms with Crippen molar-refractivity contribution in [2.75, 3.05) is 76.0 Å². The number of fused-ring (bicyclic) bond motifs is 8. The van der Waals surface area contributed by atoms with E-state index in [1.165, 1.54) is 0 Å². The average molecular weight is 1120 g/mol. The summed E-state index contributed by atoms with van der Waals surface area (Å²) in [6, 6.07) is 1.93. The number of halogens is 16. The van der Waals surface area contributed by atoms with E-state index in [2.05, 4.69) is 19.9 Å². The van der Waals surface area contributed by atoms with E-state index in [-0.39, 0.29) is 0 Å².